The van der Waals surface area contributed by atoms with E-state index in [0.717, 1.165) is 44.3 Å². The molecular formula is C38H54N2O7S. The highest BCUT2D eigenvalue weighted by molar-refractivity contribution is 8.00. The van der Waals surface area contributed by atoms with Gasteiger partial charge in [0, 0.05) is 12.3 Å². The van der Waals surface area contributed by atoms with E-state index in [9.17, 15) is 29.7 Å². The lowest BCUT2D eigenvalue weighted by atomic mass is 10.1. The Kier molecular flexibility index (Phi) is 25.7. The summed E-state index contributed by atoms with van der Waals surface area (Å²) in [5.74, 6) is -0.697. The number of rotatable bonds is 26. The number of amides is 2. The fraction of sp³-hybridized carbons (Fsp3) is 0.447. The van der Waals surface area contributed by atoms with Crippen molar-refractivity contribution in [3.05, 3.63) is 103 Å². The predicted molar refractivity (Wildman–Crippen MR) is 196 cm³/mol. The molecule has 0 spiro atoms. The van der Waals surface area contributed by atoms with Gasteiger partial charge in [-0.3, -0.25) is 9.59 Å². The molecule has 0 saturated heterocycles. The highest BCUT2D eigenvalue weighted by Gasteiger charge is 2.26. The first-order valence-corrected chi connectivity index (χ1v) is 17.8. The predicted octanol–water partition coefficient (Wildman–Crippen LogP) is 6.10. The Bertz CT molecular complexity index is 1220. The summed E-state index contributed by atoms with van der Waals surface area (Å²) >= 11 is 1.52. The monoisotopic (exact) mass is 682 g/mol. The van der Waals surface area contributed by atoms with E-state index in [0.29, 0.717) is 25.1 Å². The highest BCUT2D eigenvalue weighted by atomic mass is 32.2. The first-order valence-electron chi connectivity index (χ1n) is 16.7. The van der Waals surface area contributed by atoms with Crippen LogP contribution in [0, 0.1) is 0 Å². The van der Waals surface area contributed by atoms with Crippen LogP contribution < -0.4 is 10.6 Å². The number of esters is 1. The van der Waals surface area contributed by atoms with Crippen LogP contribution in [0.2, 0.25) is 0 Å². The van der Waals surface area contributed by atoms with Crippen LogP contribution in [0.15, 0.2) is 97.2 Å². The number of thioether (sulfide) groups is 1. The molecule has 0 heterocycles. The normalized spacial score (nSPS) is 12.8. The van der Waals surface area contributed by atoms with Crippen LogP contribution in [-0.2, 0) is 14.3 Å². The molecule has 1 aromatic carbocycles. The Morgan fingerprint density at radius 2 is 1.33 bits per heavy atom. The molecule has 48 heavy (non-hydrogen) atoms. The van der Waals surface area contributed by atoms with Gasteiger partial charge in [0.05, 0.1) is 24.5 Å². The summed E-state index contributed by atoms with van der Waals surface area (Å²) in [5.41, 5.74) is 0.00458. The lowest BCUT2D eigenvalue weighted by molar-refractivity contribution is -0.156. The lowest BCUT2D eigenvalue weighted by Gasteiger charge is -2.21. The zero-order valence-electron chi connectivity index (χ0n) is 28.2. The molecule has 264 valence electrons. The summed E-state index contributed by atoms with van der Waals surface area (Å²) in [7, 11) is 0. The van der Waals surface area contributed by atoms with E-state index in [1.807, 2.05) is 0 Å². The minimum atomic E-state index is -1.10. The number of aromatic hydroxyl groups is 1. The molecule has 0 aliphatic heterocycles. The molecule has 1 unspecified atom stereocenters. The minimum absolute atomic E-state index is 0.00458. The Morgan fingerprint density at radius 3 is 1.88 bits per heavy atom. The van der Waals surface area contributed by atoms with Gasteiger partial charge in [0.2, 0.25) is 5.91 Å². The maximum absolute atomic E-state index is 12.6. The second-order valence-electron chi connectivity index (χ2n) is 10.7. The van der Waals surface area contributed by atoms with Crippen molar-refractivity contribution in [2.75, 3.05) is 31.3 Å². The number of hydrogen-bond acceptors (Lipinski definition) is 8. The van der Waals surface area contributed by atoms with Gasteiger partial charge >= 0.3 is 5.97 Å². The van der Waals surface area contributed by atoms with Crippen LogP contribution in [0.25, 0.3) is 0 Å². The minimum Gasteiger partial charge on any atom is -0.507 e. The quantitative estimate of drug-likeness (QED) is 0.0448. The van der Waals surface area contributed by atoms with Gasteiger partial charge in [0.1, 0.15) is 17.9 Å². The van der Waals surface area contributed by atoms with Gasteiger partial charge in [-0.2, -0.15) is 0 Å². The smallest absolute Gasteiger partial charge is 0.329 e. The van der Waals surface area contributed by atoms with Crippen molar-refractivity contribution >= 4 is 29.5 Å². The van der Waals surface area contributed by atoms with E-state index in [1.165, 1.54) is 23.9 Å². The Balaban J connectivity index is 2.21. The molecule has 2 amide bonds. The molecule has 0 radical (unpaired) electrons. The summed E-state index contributed by atoms with van der Waals surface area (Å²) in [6, 6.07) is 4.88. The Labute approximate surface area is 290 Å². The molecule has 5 N–H and O–H groups in total. The Hall–Kier alpha value is -3.86. The second kappa shape index (κ2) is 29.3. The van der Waals surface area contributed by atoms with Gasteiger partial charge in [0.25, 0.3) is 5.91 Å². The molecule has 0 bridgehead atoms. The summed E-state index contributed by atoms with van der Waals surface area (Å²) in [6.07, 6.45) is 31.8. The number of nitrogens with one attached hydrogen (secondary N) is 2. The van der Waals surface area contributed by atoms with E-state index in [-0.39, 0.29) is 23.6 Å². The zero-order valence-corrected chi connectivity index (χ0v) is 29.0. The number of ether oxygens (including phenoxy) is 1. The molecule has 10 heteroatoms. The molecule has 0 aromatic heterocycles. The number of unbranched alkanes of at least 4 members (excludes halogenated alkanes) is 1. The number of aliphatic hydroxyl groups excluding tert-OH is 2. The summed E-state index contributed by atoms with van der Waals surface area (Å²) < 4.78 is 5.10. The average molecular weight is 683 g/mol. The third-order valence-corrected chi connectivity index (χ3v) is 7.61. The molecule has 0 fully saturated rings. The van der Waals surface area contributed by atoms with E-state index in [2.05, 4.69) is 90.5 Å². The van der Waals surface area contributed by atoms with Crippen molar-refractivity contribution in [3.63, 3.8) is 0 Å². The van der Waals surface area contributed by atoms with Gasteiger partial charge in [0.15, 0.2) is 0 Å². The zero-order chi connectivity index (χ0) is 35.1. The molecule has 1 rings (SSSR count). The van der Waals surface area contributed by atoms with Crippen molar-refractivity contribution in [3.8, 4) is 5.75 Å². The molecule has 0 aliphatic carbocycles. The summed E-state index contributed by atoms with van der Waals surface area (Å²) in [5, 5.41) is 33.9. The number of hydrogen-bond donors (Lipinski definition) is 5. The number of phenols is 1. The van der Waals surface area contributed by atoms with Crippen LogP contribution >= 0.6 is 11.8 Å². The van der Waals surface area contributed by atoms with E-state index >= 15 is 0 Å². The summed E-state index contributed by atoms with van der Waals surface area (Å²) in [4.78, 5) is 37.5. The third-order valence-electron chi connectivity index (χ3n) is 6.71. The van der Waals surface area contributed by atoms with Crippen molar-refractivity contribution in [2.24, 2.45) is 0 Å². The number of carbonyl (C=O) groups excluding carboxylic acids is 3. The topological polar surface area (TPSA) is 145 Å². The molecule has 0 saturated carbocycles. The largest absolute Gasteiger partial charge is 0.507 e. The molecule has 9 nitrogen and oxygen atoms in total. The van der Waals surface area contributed by atoms with Gasteiger partial charge in [-0.25, -0.2) is 4.79 Å². The number of benzene rings is 1. The van der Waals surface area contributed by atoms with Crippen LogP contribution in [0.4, 0.5) is 0 Å². The average Bonchev–Trinajstić information content (AvgIpc) is 3.09. The second-order valence-corrected chi connectivity index (χ2v) is 11.8. The molecule has 0 aliphatic rings. The van der Waals surface area contributed by atoms with Crippen LogP contribution in [0.1, 0.15) is 75.1 Å². The SMILES string of the molecule is CC/C=C\C/C=C\C/C=C\C/C=C\C/C=C\C/C=C\CSCC(=O)NCCCCC(NC(=O)c1ccccc1O)C(=O)OC(CO)CO. The molecule has 1 atom stereocenters. The number of carbonyl (C=O) groups is 3. The lowest BCUT2D eigenvalue weighted by Crippen LogP contribution is -2.44. The van der Waals surface area contributed by atoms with Gasteiger partial charge in [-0.1, -0.05) is 92.0 Å². The third kappa shape index (κ3) is 21.8. The highest BCUT2D eigenvalue weighted by Crippen LogP contribution is 2.16. The fourth-order valence-corrected chi connectivity index (χ4v) is 4.77. The molecular weight excluding hydrogens is 628 g/mol. The van der Waals surface area contributed by atoms with Crippen molar-refractivity contribution < 1.29 is 34.4 Å². The van der Waals surface area contributed by atoms with Crippen LogP contribution in [0.5, 0.6) is 5.75 Å². The number of aliphatic hydroxyl groups is 2. The van der Waals surface area contributed by atoms with Crippen molar-refractivity contribution in [2.45, 2.75) is 76.9 Å². The maximum atomic E-state index is 12.6. The van der Waals surface area contributed by atoms with Gasteiger partial charge < -0.3 is 30.7 Å². The van der Waals surface area contributed by atoms with E-state index in [4.69, 9.17) is 4.74 Å². The van der Waals surface area contributed by atoms with Gasteiger partial charge in [-0.15, -0.1) is 11.8 Å². The maximum Gasteiger partial charge on any atom is 0.329 e. The van der Waals surface area contributed by atoms with Gasteiger partial charge in [-0.05, 0) is 69.9 Å². The number of para-hydroxylation sites is 1. The molecule has 1 aromatic rings. The Morgan fingerprint density at radius 1 is 0.792 bits per heavy atom. The van der Waals surface area contributed by atoms with Crippen molar-refractivity contribution in [1.29, 1.82) is 0 Å². The number of allylic oxidation sites excluding steroid dienone is 11. The van der Waals surface area contributed by atoms with Crippen LogP contribution in [-0.4, -0.2) is 76.5 Å². The first-order chi connectivity index (χ1) is 23.4. The van der Waals surface area contributed by atoms with Crippen LogP contribution in [0.3, 0.4) is 0 Å². The first kappa shape index (κ1) is 42.2. The number of phenolic OH excluding ortho intramolecular Hbond substituents is 1. The van der Waals surface area contributed by atoms with E-state index < -0.39 is 37.2 Å². The van der Waals surface area contributed by atoms with Crippen molar-refractivity contribution in [1.82, 2.24) is 10.6 Å². The summed E-state index contributed by atoms with van der Waals surface area (Å²) in [6.45, 7) is 1.42. The fourth-order valence-electron chi connectivity index (χ4n) is 4.09. The standard InChI is InChI=1S/C38H54N2O7S/c1-2-3-4-5-6-7-8-9-10-11-12-13-14-15-16-17-18-23-28-48-31-36(44)39-27-22-21-25-34(38(46)47-32(29-41)30-42)40-37(45)33-24-19-20-26-35(33)43/h3-4,6-7,9-10,12-13,15-16,18-20,23-24,26,32,34,41-43H,2,5,8,11,14,17,21-22,25,27-31H2,1H3,(H,39,44)(H,40,45)/b4-3-,7-6-,10-9-,13-12-,16-15-,23-18-. The van der Waals surface area contributed by atoms with E-state index in [1.54, 1.807) is 12.1 Å².